The first-order valence-electron chi connectivity index (χ1n) is 5.34. The van der Waals surface area contributed by atoms with Gasteiger partial charge in [0.25, 0.3) is 0 Å². The predicted molar refractivity (Wildman–Crippen MR) is 52.4 cm³/mol. The topological polar surface area (TPSA) is 49.5 Å². The first-order chi connectivity index (χ1) is 6.30. The van der Waals surface area contributed by atoms with Crippen molar-refractivity contribution in [2.75, 3.05) is 32.8 Å². The van der Waals surface area contributed by atoms with Gasteiger partial charge in [0.15, 0.2) is 0 Å². The standard InChI is InChI=1S/C10H20N2O/c11-4-5-12-6-9(7-13)10(8-12)2-1-3-10/h9,13H,1-8,11H2. The van der Waals surface area contributed by atoms with E-state index in [1.54, 1.807) is 0 Å². The maximum atomic E-state index is 9.29. The molecule has 2 rings (SSSR count). The highest BCUT2D eigenvalue weighted by Gasteiger charge is 2.49. The molecule has 0 aromatic rings. The van der Waals surface area contributed by atoms with Gasteiger partial charge in [0, 0.05) is 38.7 Å². The summed E-state index contributed by atoms with van der Waals surface area (Å²) < 4.78 is 0. The Morgan fingerprint density at radius 1 is 1.46 bits per heavy atom. The lowest BCUT2D eigenvalue weighted by molar-refractivity contribution is 0.0543. The normalized spacial score (nSPS) is 32.3. The minimum absolute atomic E-state index is 0.362. The third kappa shape index (κ3) is 1.49. The lowest BCUT2D eigenvalue weighted by Gasteiger charge is -2.42. The van der Waals surface area contributed by atoms with E-state index < -0.39 is 0 Å². The Balaban J connectivity index is 1.96. The van der Waals surface area contributed by atoms with Crippen molar-refractivity contribution in [3.8, 4) is 0 Å². The fourth-order valence-corrected chi connectivity index (χ4v) is 2.95. The van der Waals surface area contributed by atoms with Gasteiger partial charge in [0.2, 0.25) is 0 Å². The molecule has 0 aromatic heterocycles. The van der Waals surface area contributed by atoms with Gasteiger partial charge in [-0.25, -0.2) is 0 Å². The average Bonchev–Trinajstić information content (AvgIpc) is 2.43. The zero-order chi connectivity index (χ0) is 9.31. The van der Waals surface area contributed by atoms with E-state index in [1.165, 1.54) is 25.8 Å². The van der Waals surface area contributed by atoms with Crippen LogP contribution >= 0.6 is 0 Å². The van der Waals surface area contributed by atoms with Gasteiger partial charge in [-0.2, -0.15) is 0 Å². The molecule has 0 aromatic carbocycles. The van der Waals surface area contributed by atoms with Crippen LogP contribution in [0, 0.1) is 11.3 Å². The first kappa shape index (κ1) is 9.44. The summed E-state index contributed by atoms with van der Waals surface area (Å²) in [5.41, 5.74) is 6.02. The van der Waals surface area contributed by atoms with Crippen LogP contribution in [0.2, 0.25) is 0 Å². The summed E-state index contributed by atoms with van der Waals surface area (Å²) in [4.78, 5) is 2.42. The number of rotatable bonds is 3. The Morgan fingerprint density at radius 3 is 2.62 bits per heavy atom. The maximum absolute atomic E-state index is 9.29. The second kappa shape index (κ2) is 3.56. The monoisotopic (exact) mass is 184 g/mol. The largest absolute Gasteiger partial charge is 0.396 e. The van der Waals surface area contributed by atoms with Crippen molar-refractivity contribution in [3.63, 3.8) is 0 Å². The highest BCUT2D eigenvalue weighted by atomic mass is 16.3. The molecule has 1 atom stereocenters. The number of hydrogen-bond acceptors (Lipinski definition) is 3. The van der Waals surface area contributed by atoms with Crippen molar-refractivity contribution >= 4 is 0 Å². The summed E-state index contributed by atoms with van der Waals surface area (Å²) in [5, 5.41) is 9.29. The van der Waals surface area contributed by atoms with E-state index in [1.807, 2.05) is 0 Å². The molecule has 2 fully saturated rings. The number of aliphatic hydroxyl groups excluding tert-OH is 1. The van der Waals surface area contributed by atoms with Gasteiger partial charge in [-0.15, -0.1) is 0 Å². The van der Waals surface area contributed by atoms with E-state index >= 15 is 0 Å². The molecule has 3 N–H and O–H groups in total. The smallest absolute Gasteiger partial charge is 0.0477 e. The quantitative estimate of drug-likeness (QED) is 0.651. The Labute approximate surface area is 79.9 Å². The number of nitrogens with two attached hydrogens (primary N) is 1. The molecule has 3 nitrogen and oxygen atoms in total. The number of aliphatic hydroxyl groups is 1. The van der Waals surface area contributed by atoms with Gasteiger partial charge in [0.05, 0.1) is 0 Å². The van der Waals surface area contributed by atoms with Crippen LogP contribution < -0.4 is 5.73 Å². The molecule has 1 saturated heterocycles. The molecule has 1 aliphatic carbocycles. The molecule has 76 valence electrons. The van der Waals surface area contributed by atoms with Crippen LogP contribution in [0.25, 0.3) is 0 Å². The molecular formula is C10H20N2O. The van der Waals surface area contributed by atoms with Crippen molar-refractivity contribution in [3.05, 3.63) is 0 Å². The zero-order valence-electron chi connectivity index (χ0n) is 8.21. The third-order valence-electron chi connectivity index (χ3n) is 3.90. The molecule has 3 heteroatoms. The van der Waals surface area contributed by atoms with E-state index in [-0.39, 0.29) is 0 Å². The molecule has 1 unspecified atom stereocenters. The maximum Gasteiger partial charge on any atom is 0.0477 e. The summed E-state index contributed by atoms with van der Waals surface area (Å²) in [6, 6.07) is 0. The van der Waals surface area contributed by atoms with Crippen molar-refractivity contribution in [1.29, 1.82) is 0 Å². The van der Waals surface area contributed by atoms with Crippen LogP contribution in [0.1, 0.15) is 19.3 Å². The van der Waals surface area contributed by atoms with Gasteiger partial charge in [0.1, 0.15) is 0 Å². The van der Waals surface area contributed by atoms with Crippen LogP contribution in [0.5, 0.6) is 0 Å². The molecule has 0 radical (unpaired) electrons. The minimum Gasteiger partial charge on any atom is -0.396 e. The van der Waals surface area contributed by atoms with Crippen LogP contribution in [-0.2, 0) is 0 Å². The van der Waals surface area contributed by atoms with Crippen LogP contribution in [0.4, 0.5) is 0 Å². The zero-order valence-corrected chi connectivity index (χ0v) is 8.21. The predicted octanol–water partition coefficient (Wildman–Crippen LogP) is 0.0395. The number of likely N-dealkylation sites (tertiary alicyclic amines) is 1. The van der Waals surface area contributed by atoms with Gasteiger partial charge in [-0.05, 0) is 18.3 Å². The SMILES string of the molecule is NCCN1CC(CO)C2(CCC2)C1. The lowest BCUT2D eigenvalue weighted by atomic mass is 9.63. The van der Waals surface area contributed by atoms with Gasteiger partial charge in [-0.3, -0.25) is 0 Å². The van der Waals surface area contributed by atoms with Crippen molar-refractivity contribution in [2.24, 2.45) is 17.1 Å². The van der Waals surface area contributed by atoms with Crippen LogP contribution in [0.3, 0.4) is 0 Å². The Hall–Kier alpha value is -0.120. The van der Waals surface area contributed by atoms with Gasteiger partial charge in [-0.1, -0.05) is 6.42 Å². The van der Waals surface area contributed by atoms with Crippen molar-refractivity contribution < 1.29 is 5.11 Å². The van der Waals surface area contributed by atoms with E-state index in [0.717, 1.165) is 19.6 Å². The summed E-state index contributed by atoms with van der Waals surface area (Å²) in [7, 11) is 0. The lowest BCUT2D eigenvalue weighted by Crippen LogP contribution is -2.39. The van der Waals surface area contributed by atoms with Gasteiger partial charge < -0.3 is 15.7 Å². The minimum atomic E-state index is 0.362. The second-order valence-electron chi connectivity index (χ2n) is 4.62. The molecule has 0 amide bonds. The van der Waals surface area contributed by atoms with Gasteiger partial charge >= 0.3 is 0 Å². The molecule has 1 saturated carbocycles. The average molecular weight is 184 g/mol. The molecule has 0 bridgehead atoms. The van der Waals surface area contributed by atoms with Crippen molar-refractivity contribution in [1.82, 2.24) is 4.90 Å². The highest BCUT2D eigenvalue weighted by Crippen LogP contribution is 2.51. The van der Waals surface area contributed by atoms with Crippen LogP contribution in [0.15, 0.2) is 0 Å². The molecule has 1 heterocycles. The molecule has 1 aliphatic heterocycles. The van der Waals surface area contributed by atoms with E-state index in [2.05, 4.69) is 4.90 Å². The fourth-order valence-electron chi connectivity index (χ4n) is 2.95. The van der Waals surface area contributed by atoms with E-state index in [4.69, 9.17) is 5.73 Å². The summed E-state index contributed by atoms with van der Waals surface area (Å²) in [5.74, 6) is 0.521. The number of hydrogen-bond donors (Lipinski definition) is 2. The summed E-state index contributed by atoms with van der Waals surface area (Å²) in [6.45, 7) is 4.34. The Bertz CT molecular complexity index is 180. The van der Waals surface area contributed by atoms with E-state index in [0.29, 0.717) is 17.9 Å². The summed E-state index contributed by atoms with van der Waals surface area (Å²) >= 11 is 0. The molecule has 13 heavy (non-hydrogen) atoms. The van der Waals surface area contributed by atoms with E-state index in [9.17, 15) is 5.11 Å². The second-order valence-corrected chi connectivity index (χ2v) is 4.62. The third-order valence-corrected chi connectivity index (χ3v) is 3.90. The molecule has 2 aliphatic rings. The summed E-state index contributed by atoms with van der Waals surface area (Å²) in [6.07, 6.45) is 3.99. The Morgan fingerprint density at radius 2 is 2.23 bits per heavy atom. The van der Waals surface area contributed by atoms with Crippen LogP contribution in [-0.4, -0.2) is 42.8 Å². The Kier molecular flexibility index (Phi) is 2.58. The number of nitrogens with zero attached hydrogens (tertiary/aromatic N) is 1. The molecular weight excluding hydrogens is 164 g/mol. The fraction of sp³-hybridized carbons (Fsp3) is 1.00. The first-order valence-corrected chi connectivity index (χ1v) is 5.34. The van der Waals surface area contributed by atoms with Crippen molar-refractivity contribution in [2.45, 2.75) is 19.3 Å². The molecule has 1 spiro atoms. The highest BCUT2D eigenvalue weighted by molar-refractivity contribution is 5.01.